The quantitative estimate of drug-likeness (QED) is 0.864. The number of carbonyl (C=O) groups is 2. The summed E-state index contributed by atoms with van der Waals surface area (Å²) in [6, 6.07) is 0.403. The zero-order valence-electron chi connectivity index (χ0n) is 12.1. The van der Waals surface area contributed by atoms with Gasteiger partial charge in [0.2, 0.25) is 5.91 Å². The lowest BCUT2D eigenvalue weighted by Crippen LogP contribution is -2.44. The fourth-order valence-electron chi connectivity index (χ4n) is 4.66. The molecule has 0 radical (unpaired) electrons. The van der Waals surface area contributed by atoms with E-state index in [2.05, 4.69) is 4.90 Å². The summed E-state index contributed by atoms with van der Waals surface area (Å²) < 4.78 is 0. The number of carboxylic acids is 1. The monoisotopic (exact) mass is 279 g/mol. The van der Waals surface area contributed by atoms with Gasteiger partial charge in [0.1, 0.15) is 0 Å². The summed E-state index contributed by atoms with van der Waals surface area (Å²) in [6.07, 6.45) is 9.64. The minimum Gasteiger partial charge on any atom is -0.481 e. The van der Waals surface area contributed by atoms with Crippen LogP contribution in [-0.4, -0.2) is 34.5 Å². The number of hydrogen-bond donors (Lipinski definition) is 1. The Kier molecular flexibility index (Phi) is 3.99. The standard InChI is InChI=1S/C16H25NO3/c18-15(12-7-3-8-13(12)16(19)20)17-10-4-9-14(17)11-5-1-2-6-11/h11-14H,1-10H2,(H,19,20). The van der Waals surface area contributed by atoms with Gasteiger partial charge in [-0.1, -0.05) is 19.3 Å². The molecule has 0 aromatic carbocycles. The van der Waals surface area contributed by atoms with Crippen molar-refractivity contribution >= 4 is 11.9 Å². The Morgan fingerprint density at radius 1 is 0.850 bits per heavy atom. The van der Waals surface area contributed by atoms with Gasteiger partial charge in [0, 0.05) is 12.6 Å². The van der Waals surface area contributed by atoms with E-state index < -0.39 is 11.9 Å². The zero-order chi connectivity index (χ0) is 14.1. The van der Waals surface area contributed by atoms with E-state index >= 15 is 0 Å². The van der Waals surface area contributed by atoms with Crippen LogP contribution < -0.4 is 0 Å². The molecule has 4 heteroatoms. The lowest BCUT2D eigenvalue weighted by atomic mass is 9.92. The average Bonchev–Trinajstić information content (AvgIpc) is 3.17. The Morgan fingerprint density at radius 3 is 2.25 bits per heavy atom. The van der Waals surface area contributed by atoms with Crippen molar-refractivity contribution in [2.24, 2.45) is 17.8 Å². The van der Waals surface area contributed by atoms with Crippen LogP contribution in [0.4, 0.5) is 0 Å². The summed E-state index contributed by atoms with van der Waals surface area (Å²) >= 11 is 0. The van der Waals surface area contributed by atoms with E-state index in [1.54, 1.807) is 0 Å². The summed E-state index contributed by atoms with van der Waals surface area (Å²) in [5.74, 6) is -0.658. The smallest absolute Gasteiger partial charge is 0.307 e. The van der Waals surface area contributed by atoms with Crippen molar-refractivity contribution in [1.29, 1.82) is 0 Å². The molecule has 0 aromatic heterocycles. The maximum Gasteiger partial charge on any atom is 0.307 e. The van der Waals surface area contributed by atoms with E-state index in [0.717, 1.165) is 32.2 Å². The minimum atomic E-state index is -0.780. The molecule has 0 aromatic rings. The Morgan fingerprint density at radius 2 is 1.55 bits per heavy atom. The van der Waals surface area contributed by atoms with Crippen molar-refractivity contribution in [3.8, 4) is 0 Å². The predicted octanol–water partition coefficient (Wildman–Crippen LogP) is 2.67. The molecule has 3 unspecified atom stereocenters. The molecule has 112 valence electrons. The SMILES string of the molecule is O=C(O)C1CCCC1C(=O)N1CCCC1C1CCCC1. The molecule has 0 spiro atoms. The van der Waals surface area contributed by atoms with Crippen LogP contribution in [0.3, 0.4) is 0 Å². The van der Waals surface area contributed by atoms with Crippen LogP contribution in [0.1, 0.15) is 57.8 Å². The first kappa shape index (κ1) is 13.9. The molecule has 1 amide bonds. The molecule has 3 atom stereocenters. The molecular formula is C16H25NO3. The molecular weight excluding hydrogens is 254 g/mol. The Hall–Kier alpha value is -1.06. The molecule has 20 heavy (non-hydrogen) atoms. The third-order valence-electron chi connectivity index (χ3n) is 5.68. The van der Waals surface area contributed by atoms with Crippen LogP contribution in [0, 0.1) is 17.8 Å². The highest BCUT2D eigenvalue weighted by atomic mass is 16.4. The number of carbonyl (C=O) groups excluding carboxylic acids is 1. The van der Waals surface area contributed by atoms with Gasteiger partial charge in [-0.15, -0.1) is 0 Å². The van der Waals surface area contributed by atoms with Crippen molar-refractivity contribution in [1.82, 2.24) is 4.90 Å². The van der Waals surface area contributed by atoms with E-state index in [-0.39, 0.29) is 11.8 Å². The van der Waals surface area contributed by atoms with Crippen LogP contribution >= 0.6 is 0 Å². The van der Waals surface area contributed by atoms with Crippen LogP contribution in [0.25, 0.3) is 0 Å². The maximum absolute atomic E-state index is 12.8. The topological polar surface area (TPSA) is 57.6 Å². The summed E-state index contributed by atoms with van der Waals surface area (Å²) in [5.41, 5.74) is 0. The molecule has 3 rings (SSSR count). The molecule has 2 aliphatic carbocycles. The van der Waals surface area contributed by atoms with E-state index in [4.69, 9.17) is 0 Å². The van der Waals surface area contributed by atoms with Gasteiger partial charge in [-0.2, -0.15) is 0 Å². The van der Waals surface area contributed by atoms with Crippen molar-refractivity contribution < 1.29 is 14.7 Å². The van der Waals surface area contributed by atoms with E-state index in [1.165, 1.54) is 25.7 Å². The Bertz CT molecular complexity index is 389. The van der Waals surface area contributed by atoms with Crippen molar-refractivity contribution in [3.05, 3.63) is 0 Å². The van der Waals surface area contributed by atoms with Crippen molar-refractivity contribution in [2.75, 3.05) is 6.54 Å². The number of rotatable bonds is 3. The predicted molar refractivity (Wildman–Crippen MR) is 75.2 cm³/mol. The Balaban J connectivity index is 1.70. The number of carboxylic acid groups (broad SMARTS) is 1. The molecule has 3 fully saturated rings. The average molecular weight is 279 g/mol. The first-order chi connectivity index (χ1) is 9.68. The molecule has 1 heterocycles. The van der Waals surface area contributed by atoms with E-state index in [1.807, 2.05) is 0 Å². The first-order valence-corrected chi connectivity index (χ1v) is 8.22. The molecule has 1 saturated heterocycles. The minimum absolute atomic E-state index is 0.143. The second-order valence-electron chi connectivity index (χ2n) is 6.77. The lowest BCUT2D eigenvalue weighted by Gasteiger charge is -2.32. The highest BCUT2D eigenvalue weighted by Gasteiger charge is 2.44. The molecule has 4 nitrogen and oxygen atoms in total. The zero-order valence-corrected chi connectivity index (χ0v) is 12.1. The van der Waals surface area contributed by atoms with Gasteiger partial charge in [-0.3, -0.25) is 9.59 Å². The van der Waals surface area contributed by atoms with Crippen molar-refractivity contribution in [3.63, 3.8) is 0 Å². The fourth-order valence-corrected chi connectivity index (χ4v) is 4.66. The second-order valence-corrected chi connectivity index (χ2v) is 6.77. The van der Waals surface area contributed by atoms with Gasteiger partial charge in [0.25, 0.3) is 0 Å². The number of amides is 1. The maximum atomic E-state index is 12.8. The molecule has 2 saturated carbocycles. The van der Waals surface area contributed by atoms with Crippen LogP contribution in [-0.2, 0) is 9.59 Å². The molecule has 1 aliphatic heterocycles. The number of hydrogen-bond acceptors (Lipinski definition) is 2. The summed E-state index contributed by atoms with van der Waals surface area (Å²) in [7, 11) is 0. The van der Waals surface area contributed by atoms with Crippen LogP contribution in [0.15, 0.2) is 0 Å². The fraction of sp³-hybridized carbons (Fsp3) is 0.875. The number of aliphatic carboxylic acids is 1. The van der Waals surface area contributed by atoms with E-state index in [9.17, 15) is 14.7 Å². The first-order valence-electron chi connectivity index (χ1n) is 8.22. The van der Waals surface area contributed by atoms with Gasteiger partial charge in [0.15, 0.2) is 0 Å². The molecule has 0 bridgehead atoms. The second kappa shape index (κ2) is 5.74. The van der Waals surface area contributed by atoms with Crippen LogP contribution in [0.5, 0.6) is 0 Å². The highest BCUT2D eigenvalue weighted by molar-refractivity contribution is 5.85. The van der Waals surface area contributed by atoms with Crippen LogP contribution in [0.2, 0.25) is 0 Å². The summed E-state index contributed by atoms with van der Waals surface area (Å²) in [5, 5.41) is 9.28. The van der Waals surface area contributed by atoms with Gasteiger partial charge in [-0.25, -0.2) is 0 Å². The van der Waals surface area contributed by atoms with E-state index in [0.29, 0.717) is 18.4 Å². The van der Waals surface area contributed by atoms with Gasteiger partial charge >= 0.3 is 5.97 Å². The Labute approximate surface area is 120 Å². The number of nitrogens with zero attached hydrogens (tertiary/aromatic N) is 1. The lowest BCUT2D eigenvalue weighted by molar-refractivity contribution is -0.149. The van der Waals surface area contributed by atoms with Crippen molar-refractivity contribution in [2.45, 2.75) is 63.8 Å². The van der Waals surface area contributed by atoms with Gasteiger partial charge in [0.05, 0.1) is 11.8 Å². The molecule has 3 aliphatic rings. The van der Waals surface area contributed by atoms with Gasteiger partial charge in [-0.05, 0) is 44.4 Å². The number of likely N-dealkylation sites (tertiary alicyclic amines) is 1. The third-order valence-corrected chi connectivity index (χ3v) is 5.68. The normalized spacial score (nSPS) is 34.8. The summed E-state index contributed by atoms with van der Waals surface area (Å²) in [4.78, 5) is 26.1. The van der Waals surface area contributed by atoms with Gasteiger partial charge < -0.3 is 10.0 Å². The summed E-state index contributed by atoms with van der Waals surface area (Å²) in [6.45, 7) is 0.850. The largest absolute Gasteiger partial charge is 0.481 e. The molecule has 1 N–H and O–H groups in total. The third kappa shape index (κ3) is 2.45. The highest BCUT2D eigenvalue weighted by Crippen LogP contribution is 2.39.